The predicted molar refractivity (Wildman–Crippen MR) is 130 cm³/mol. The molecule has 1 atom stereocenters. The van der Waals surface area contributed by atoms with Crippen LogP contribution in [0, 0.1) is 5.92 Å². The van der Waals surface area contributed by atoms with Gasteiger partial charge in [-0.15, -0.1) is 0 Å². The minimum absolute atomic E-state index is 0.0329. The van der Waals surface area contributed by atoms with Crippen molar-refractivity contribution in [2.24, 2.45) is 5.92 Å². The molecule has 0 amide bonds. The number of aromatic nitrogens is 4. The average Bonchev–Trinajstić information content (AvgIpc) is 3.21. The summed E-state index contributed by atoms with van der Waals surface area (Å²) >= 11 is 0. The van der Waals surface area contributed by atoms with E-state index in [1.165, 1.54) is 19.3 Å². The topological polar surface area (TPSA) is 114 Å². The number of hydrogen-bond acceptors (Lipinski definition) is 7. The van der Waals surface area contributed by atoms with Crippen LogP contribution in [0.4, 0.5) is 17.5 Å². The number of nitrogens with zero attached hydrogens (tertiary/aromatic N) is 4. The molecule has 1 saturated carbocycles. The Kier molecular flexibility index (Phi) is 6.50. The van der Waals surface area contributed by atoms with E-state index >= 15 is 0 Å². The fraction of sp³-hybridized carbons (Fsp3) is 0.542. The smallest absolute Gasteiger partial charge is 0.226 e. The fourth-order valence-electron chi connectivity index (χ4n) is 4.11. The van der Waals surface area contributed by atoms with E-state index in [9.17, 15) is 5.11 Å². The Bertz CT molecular complexity index is 1050. The molecule has 1 aliphatic carbocycles. The molecule has 2 heterocycles. The monoisotopic (exact) mass is 437 g/mol. The molecule has 0 radical (unpaired) electrons. The largest absolute Gasteiger partial charge is 0.398 e. The summed E-state index contributed by atoms with van der Waals surface area (Å²) < 4.78 is 2.21. The van der Waals surface area contributed by atoms with Crippen molar-refractivity contribution in [2.45, 2.75) is 71.1 Å². The van der Waals surface area contributed by atoms with Crippen LogP contribution in [0.15, 0.2) is 30.6 Å². The van der Waals surface area contributed by atoms with Crippen molar-refractivity contribution in [1.29, 1.82) is 0 Å². The normalized spacial score (nSPS) is 16.2. The summed E-state index contributed by atoms with van der Waals surface area (Å²) in [4.78, 5) is 14.2. The molecule has 1 aliphatic rings. The van der Waals surface area contributed by atoms with E-state index in [-0.39, 0.29) is 5.92 Å². The van der Waals surface area contributed by atoms with Crippen LogP contribution < -0.4 is 16.4 Å². The molecule has 0 bridgehead atoms. The van der Waals surface area contributed by atoms with Gasteiger partial charge >= 0.3 is 0 Å². The second-order valence-corrected chi connectivity index (χ2v) is 9.50. The zero-order valence-corrected chi connectivity index (χ0v) is 19.3. The van der Waals surface area contributed by atoms with Crippen LogP contribution >= 0.6 is 0 Å². The number of anilines is 3. The highest BCUT2D eigenvalue weighted by atomic mass is 16.3. The number of fused-ring (bicyclic) bond motifs is 1. The summed E-state index contributed by atoms with van der Waals surface area (Å²) in [6.45, 7) is 6.76. The predicted octanol–water partition coefficient (Wildman–Crippen LogP) is 4.34. The highest BCUT2D eigenvalue weighted by Crippen LogP contribution is 2.32. The number of para-hydroxylation sites is 1. The standard InChI is InChI=1S/C24H35N7O/c1-16(24(2,3)32)13-27-23-29-21(26-14-17-9-7-8-12-19(17)25)20-22(30-23)31(15-28-20)18-10-5-4-6-11-18/h7-9,12,15-16,18,32H,4-6,10-11,13-14,25H2,1-3H3,(H2,26,27,29,30). The zero-order chi connectivity index (χ0) is 22.7. The van der Waals surface area contributed by atoms with Crippen molar-refractivity contribution < 1.29 is 5.11 Å². The molecule has 1 aromatic carbocycles. The van der Waals surface area contributed by atoms with Crippen molar-refractivity contribution in [2.75, 3.05) is 22.9 Å². The van der Waals surface area contributed by atoms with Gasteiger partial charge in [0.25, 0.3) is 0 Å². The molecule has 4 rings (SSSR count). The highest BCUT2D eigenvalue weighted by molar-refractivity contribution is 5.84. The number of nitrogens with two attached hydrogens (primary N) is 1. The van der Waals surface area contributed by atoms with Gasteiger partial charge in [-0.05, 0) is 38.3 Å². The molecule has 5 N–H and O–H groups in total. The zero-order valence-electron chi connectivity index (χ0n) is 19.3. The van der Waals surface area contributed by atoms with Crippen LogP contribution in [0.2, 0.25) is 0 Å². The van der Waals surface area contributed by atoms with Gasteiger partial charge in [-0.2, -0.15) is 9.97 Å². The van der Waals surface area contributed by atoms with E-state index in [0.717, 1.165) is 35.3 Å². The number of rotatable bonds is 8. The third kappa shape index (κ3) is 4.96. The van der Waals surface area contributed by atoms with Crippen LogP contribution in [0.25, 0.3) is 11.2 Å². The number of imidazole rings is 1. The molecule has 2 aromatic heterocycles. The van der Waals surface area contributed by atoms with Crippen molar-refractivity contribution in [3.8, 4) is 0 Å². The molecular formula is C24H35N7O. The van der Waals surface area contributed by atoms with Crippen LogP contribution in [-0.2, 0) is 6.54 Å². The SMILES string of the molecule is CC(CNc1nc(NCc2ccccc2N)c2ncn(C3CCCCC3)c2n1)C(C)(C)O. The minimum Gasteiger partial charge on any atom is -0.398 e. The Morgan fingerprint density at radius 2 is 1.91 bits per heavy atom. The molecule has 32 heavy (non-hydrogen) atoms. The molecule has 1 fully saturated rings. The summed E-state index contributed by atoms with van der Waals surface area (Å²) in [5.41, 5.74) is 8.70. The molecule has 0 spiro atoms. The number of hydrogen-bond donors (Lipinski definition) is 4. The third-order valence-electron chi connectivity index (χ3n) is 6.66. The maximum absolute atomic E-state index is 10.3. The lowest BCUT2D eigenvalue weighted by Gasteiger charge is -2.26. The van der Waals surface area contributed by atoms with E-state index < -0.39 is 5.60 Å². The molecule has 8 nitrogen and oxygen atoms in total. The maximum atomic E-state index is 10.3. The van der Waals surface area contributed by atoms with Crippen molar-refractivity contribution in [3.63, 3.8) is 0 Å². The van der Waals surface area contributed by atoms with Crippen molar-refractivity contribution in [1.82, 2.24) is 19.5 Å². The van der Waals surface area contributed by atoms with Crippen LogP contribution in [0.3, 0.4) is 0 Å². The number of nitrogens with one attached hydrogen (secondary N) is 2. The first-order valence-corrected chi connectivity index (χ1v) is 11.6. The minimum atomic E-state index is -0.785. The summed E-state index contributed by atoms with van der Waals surface area (Å²) in [5.74, 6) is 1.26. The molecule has 3 aromatic rings. The summed E-state index contributed by atoms with van der Waals surface area (Å²) in [5, 5.41) is 17.0. The number of aliphatic hydroxyl groups is 1. The van der Waals surface area contributed by atoms with E-state index in [1.54, 1.807) is 0 Å². The van der Waals surface area contributed by atoms with E-state index in [2.05, 4.69) is 20.2 Å². The van der Waals surface area contributed by atoms with E-state index in [4.69, 9.17) is 15.7 Å². The lowest BCUT2D eigenvalue weighted by atomic mass is 9.93. The van der Waals surface area contributed by atoms with Gasteiger partial charge in [0.1, 0.15) is 0 Å². The number of benzene rings is 1. The van der Waals surface area contributed by atoms with Gasteiger partial charge < -0.3 is 26.0 Å². The fourth-order valence-corrected chi connectivity index (χ4v) is 4.11. The molecular weight excluding hydrogens is 402 g/mol. The van der Waals surface area contributed by atoms with Crippen molar-refractivity contribution in [3.05, 3.63) is 36.2 Å². The second kappa shape index (κ2) is 9.32. The molecule has 8 heteroatoms. The Morgan fingerprint density at radius 3 is 2.62 bits per heavy atom. The molecule has 1 unspecified atom stereocenters. The van der Waals surface area contributed by atoms with Gasteiger partial charge in [0.05, 0.1) is 11.9 Å². The van der Waals surface area contributed by atoms with Crippen LogP contribution in [0.5, 0.6) is 0 Å². The lowest BCUT2D eigenvalue weighted by molar-refractivity contribution is 0.0303. The Morgan fingerprint density at radius 1 is 1.16 bits per heavy atom. The quantitative estimate of drug-likeness (QED) is 0.388. The van der Waals surface area contributed by atoms with E-state index in [1.807, 2.05) is 51.4 Å². The van der Waals surface area contributed by atoms with Gasteiger partial charge in [0.2, 0.25) is 5.95 Å². The number of nitrogen functional groups attached to an aromatic ring is 1. The highest BCUT2D eigenvalue weighted by Gasteiger charge is 2.24. The average molecular weight is 438 g/mol. The maximum Gasteiger partial charge on any atom is 0.226 e. The molecule has 0 saturated heterocycles. The van der Waals surface area contributed by atoms with Crippen LogP contribution in [0.1, 0.15) is 64.5 Å². The Hall–Kier alpha value is -2.87. The Balaban J connectivity index is 1.65. The first kappa shape index (κ1) is 22.3. The summed E-state index contributed by atoms with van der Waals surface area (Å²) in [6.07, 6.45) is 7.98. The van der Waals surface area contributed by atoms with Gasteiger partial charge in [-0.1, -0.05) is 44.4 Å². The molecule has 0 aliphatic heterocycles. The summed E-state index contributed by atoms with van der Waals surface area (Å²) in [7, 11) is 0. The molecule has 172 valence electrons. The second-order valence-electron chi connectivity index (χ2n) is 9.50. The van der Waals surface area contributed by atoms with Gasteiger partial charge in [-0.3, -0.25) is 0 Å². The Labute approximate surface area is 189 Å². The lowest BCUT2D eigenvalue weighted by Crippen LogP contribution is -2.33. The van der Waals surface area contributed by atoms with Gasteiger partial charge in [-0.25, -0.2) is 4.98 Å². The first-order chi connectivity index (χ1) is 15.3. The van der Waals surface area contributed by atoms with Crippen LogP contribution in [-0.4, -0.2) is 36.8 Å². The van der Waals surface area contributed by atoms with Crippen molar-refractivity contribution >= 4 is 28.6 Å². The summed E-state index contributed by atoms with van der Waals surface area (Å²) in [6, 6.07) is 8.23. The van der Waals surface area contributed by atoms with E-state index in [0.29, 0.717) is 30.9 Å². The van der Waals surface area contributed by atoms with Gasteiger partial charge in [0.15, 0.2) is 17.0 Å². The third-order valence-corrected chi connectivity index (χ3v) is 6.66. The van der Waals surface area contributed by atoms with Gasteiger partial charge in [0, 0.05) is 30.7 Å². The first-order valence-electron chi connectivity index (χ1n) is 11.6.